The van der Waals surface area contributed by atoms with Gasteiger partial charge in [-0.05, 0) is 5.54 Å². The third kappa shape index (κ3) is 8.84. The highest BCUT2D eigenvalue weighted by Gasteiger charge is 2.01. The van der Waals surface area contributed by atoms with Crippen molar-refractivity contribution in [3.63, 3.8) is 0 Å². The molecule has 0 saturated heterocycles. The molecular formula is C5H20O3Si4. The third-order valence-electron chi connectivity index (χ3n) is 1.55. The topological polar surface area (TPSA) is 27.7 Å². The van der Waals surface area contributed by atoms with Crippen LogP contribution in [0.4, 0.5) is 0 Å². The Morgan fingerprint density at radius 3 is 2.67 bits per heavy atom. The van der Waals surface area contributed by atoms with Crippen molar-refractivity contribution >= 4 is 40.3 Å². The molecule has 1 atom stereocenters. The Balaban J connectivity index is 2.97. The van der Waals surface area contributed by atoms with Crippen LogP contribution in [-0.2, 0) is 12.3 Å². The summed E-state index contributed by atoms with van der Waals surface area (Å²) in [5.41, 5.74) is 0.824. The minimum Gasteiger partial charge on any atom is -0.449 e. The van der Waals surface area contributed by atoms with Gasteiger partial charge in [-0.25, -0.2) is 0 Å². The molecule has 7 heteroatoms. The molecule has 0 radical (unpaired) electrons. The van der Waals surface area contributed by atoms with Gasteiger partial charge in [0.2, 0.25) is 0 Å². The zero-order valence-electron chi connectivity index (χ0n) is 8.34. The van der Waals surface area contributed by atoms with Gasteiger partial charge in [-0.2, -0.15) is 0 Å². The van der Waals surface area contributed by atoms with E-state index in [2.05, 4.69) is 13.8 Å². The van der Waals surface area contributed by atoms with Crippen molar-refractivity contribution in [3.8, 4) is 0 Å². The smallest absolute Gasteiger partial charge is 0.284 e. The van der Waals surface area contributed by atoms with Crippen LogP contribution < -0.4 is 0 Å². The van der Waals surface area contributed by atoms with Crippen LogP contribution in [-0.4, -0.2) is 40.3 Å². The van der Waals surface area contributed by atoms with Crippen molar-refractivity contribution in [2.75, 3.05) is 0 Å². The zero-order chi connectivity index (χ0) is 9.23. The van der Waals surface area contributed by atoms with Crippen LogP contribution in [0.2, 0.25) is 5.54 Å². The zero-order valence-corrected chi connectivity index (χ0v) is 14.6. The molecule has 0 N–H and O–H groups in total. The Hall–Kier alpha value is 0.748. The summed E-state index contributed by atoms with van der Waals surface area (Å²) in [4.78, 5) is 0. The first-order valence-corrected chi connectivity index (χ1v) is 8.97. The van der Waals surface area contributed by atoms with Crippen molar-refractivity contribution in [2.45, 2.75) is 32.2 Å². The highest BCUT2D eigenvalue weighted by atomic mass is 28.4. The summed E-state index contributed by atoms with van der Waals surface area (Å²) in [5, 5.41) is 0. The SMILES string of the molecule is CCCC(C)[SiH2]O[SiH2]O[SiH2]O[SiH3]. The van der Waals surface area contributed by atoms with E-state index >= 15 is 0 Å². The van der Waals surface area contributed by atoms with Crippen LogP contribution in [0.25, 0.3) is 0 Å². The molecule has 3 nitrogen and oxygen atoms in total. The molecule has 1 unspecified atom stereocenters. The predicted octanol–water partition coefficient (Wildman–Crippen LogP) is -1.99. The van der Waals surface area contributed by atoms with E-state index in [-0.39, 0.29) is 9.76 Å². The Morgan fingerprint density at radius 2 is 2.08 bits per heavy atom. The van der Waals surface area contributed by atoms with E-state index < -0.39 is 20.0 Å². The first kappa shape index (κ1) is 12.7. The molecule has 0 aromatic rings. The van der Waals surface area contributed by atoms with Gasteiger partial charge in [0.05, 0.1) is 0 Å². The van der Waals surface area contributed by atoms with Crippen molar-refractivity contribution < 1.29 is 12.3 Å². The van der Waals surface area contributed by atoms with Gasteiger partial charge in [-0.3, -0.25) is 0 Å². The molecule has 12 heavy (non-hydrogen) atoms. The van der Waals surface area contributed by atoms with Crippen LogP contribution in [0.15, 0.2) is 0 Å². The Kier molecular flexibility index (Phi) is 10.4. The maximum Gasteiger partial charge on any atom is 0.284 e. The van der Waals surface area contributed by atoms with Gasteiger partial charge in [-0.15, -0.1) is 0 Å². The molecule has 74 valence electrons. The van der Waals surface area contributed by atoms with Gasteiger partial charge < -0.3 is 12.3 Å². The monoisotopic (exact) mass is 240 g/mol. The predicted molar refractivity (Wildman–Crippen MR) is 63.2 cm³/mol. The third-order valence-corrected chi connectivity index (χ3v) is 6.41. The largest absolute Gasteiger partial charge is 0.449 e. The molecule has 0 aromatic carbocycles. The van der Waals surface area contributed by atoms with Gasteiger partial charge in [-0.1, -0.05) is 26.7 Å². The summed E-state index contributed by atoms with van der Waals surface area (Å²) < 4.78 is 15.9. The lowest BCUT2D eigenvalue weighted by Gasteiger charge is -2.09. The quantitative estimate of drug-likeness (QED) is 0.363. The first-order valence-electron chi connectivity index (χ1n) is 4.45. The molecule has 0 aliphatic heterocycles. The summed E-state index contributed by atoms with van der Waals surface area (Å²) in [7, 11) is -0.722. The standard InChI is InChI=1S/C5H20O3Si4/c1-3-4-5(2)10-7-12-8-11-6-9/h5H,3-4,10-12H2,1-2,9H3. The van der Waals surface area contributed by atoms with Crippen LogP contribution in [0.1, 0.15) is 26.7 Å². The van der Waals surface area contributed by atoms with E-state index in [0.717, 1.165) is 16.0 Å². The average Bonchev–Trinajstić information content (AvgIpc) is 2.05. The molecule has 0 fully saturated rings. The van der Waals surface area contributed by atoms with Gasteiger partial charge in [0, 0.05) is 0 Å². The minimum atomic E-state index is -0.639. The van der Waals surface area contributed by atoms with E-state index in [1.54, 1.807) is 0 Å². The lowest BCUT2D eigenvalue weighted by atomic mass is 10.3. The fourth-order valence-electron chi connectivity index (χ4n) is 1.00. The van der Waals surface area contributed by atoms with Crippen molar-refractivity contribution in [1.29, 1.82) is 0 Å². The Morgan fingerprint density at radius 1 is 1.33 bits per heavy atom. The fraction of sp³-hybridized carbons (Fsp3) is 1.00. The van der Waals surface area contributed by atoms with Crippen molar-refractivity contribution in [3.05, 3.63) is 0 Å². The number of rotatable bonds is 8. The minimum absolute atomic E-state index is 0.289. The Bertz CT molecular complexity index is 94.8. The van der Waals surface area contributed by atoms with Crippen LogP contribution >= 0.6 is 0 Å². The van der Waals surface area contributed by atoms with Gasteiger partial charge in [0.1, 0.15) is 10.5 Å². The molecule has 0 aliphatic carbocycles. The lowest BCUT2D eigenvalue weighted by molar-refractivity contribution is 0.434. The molecule has 0 aromatic heterocycles. The summed E-state index contributed by atoms with van der Waals surface area (Å²) >= 11 is 0. The maximum atomic E-state index is 5.58. The molecule has 0 aliphatic rings. The normalized spacial score (nSPS) is 16.5. The molecule has 0 saturated carbocycles. The molecule has 0 rings (SSSR count). The van der Waals surface area contributed by atoms with Crippen molar-refractivity contribution in [1.82, 2.24) is 0 Å². The molecule has 0 spiro atoms. The van der Waals surface area contributed by atoms with E-state index in [9.17, 15) is 0 Å². The molecule has 0 heterocycles. The summed E-state index contributed by atoms with van der Waals surface area (Å²) in [5.74, 6) is 0. The first-order chi connectivity index (χ1) is 5.81. The molecule has 0 bridgehead atoms. The second-order valence-corrected chi connectivity index (χ2v) is 10.8. The molecular weight excluding hydrogens is 220 g/mol. The fourth-order valence-corrected chi connectivity index (χ4v) is 7.54. The van der Waals surface area contributed by atoms with E-state index in [1.807, 2.05) is 0 Å². The average molecular weight is 241 g/mol. The Labute approximate surface area is 85.2 Å². The summed E-state index contributed by atoms with van der Waals surface area (Å²) in [6.07, 6.45) is 2.59. The van der Waals surface area contributed by atoms with Crippen molar-refractivity contribution in [2.24, 2.45) is 0 Å². The highest BCUT2D eigenvalue weighted by Crippen LogP contribution is 2.09. The second-order valence-electron chi connectivity index (χ2n) is 2.99. The van der Waals surface area contributed by atoms with E-state index in [1.165, 1.54) is 12.8 Å². The highest BCUT2D eigenvalue weighted by molar-refractivity contribution is 6.45. The number of hydrogen-bond donors (Lipinski definition) is 0. The van der Waals surface area contributed by atoms with Gasteiger partial charge >= 0.3 is 0 Å². The maximum absolute atomic E-state index is 5.58. The van der Waals surface area contributed by atoms with Crippen LogP contribution in [0, 0.1) is 0 Å². The van der Waals surface area contributed by atoms with E-state index in [0.29, 0.717) is 0 Å². The lowest BCUT2D eigenvalue weighted by Crippen LogP contribution is -2.14. The van der Waals surface area contributed by atoms with Crippen LogP contribution in [0.3, 0.4) is 0 Å². The number of hydrogen-bond acceptors (Lipinski definition) is 3. The van der Waals surface area contributed by atoms with Crippen LogP contribution in [0.5, 0.6) is 0 Å². The van der Waals surface area contributed by atoms with Gasteiger partial charge in [0.25, 0.3) is 20.0 Å². The summed E-state index contributed by atoms with van der Waals surface area (Å²) in [6.45, 7) is 4.51. The van der Waals surface area contributed by atoms with Gasteiger partial charge in [0.15, 0.2) is 9.76 Å². The summed E-state index contributed by atoms with van der Waals surface area (Å²) in [6, 6.07) is 0. The molecule has 0 amide bonds. The van der Waals surface area contributed by atoms with E-state index in [4.69, 9.17) is 12.3 Å². The second kappa shape index (κ2) is 9.83.